The molecule has 0 bridgehead atoms. The smallest absolute Gasteiger partial charge is 0.317 e. The zero-order chi connectivity index (χ0) is 14.0. The first-order chi connectivity index (χ1) is 8.95. The van der Waals surface area contributed by atoms with E-state index >= 15 is 0 Å². The van der Waals surface area contributed by atoms with E-state index in [9.17, 15) is 4.79 Å². The Labute approximate surface area is 118 Å². The Hall–Kier alpha value is -0.940. The summed E-state index contributed by atoms with van der Waals surface area (Å²) in [6, 6.07) is 0. The molecule has 2 atom stereocenters. The summed E-state index contributed by atoms with van der Waals surface area (Å²) in [5.74, 6) is -0.229. The first kappa shape index (κ1) is 14.5. The number of aromatic nitrogens is 1. The molecule has 2 unspecified atom stereocenters. The molecule has 1 aliphatic heterocycles. The number of hydrogen-bond donors (Lipinski definition) is 0. The number of rotatable bonds is 4. The highest BCUT2D eigenvalue weighted by molar-refractivity contribution is 7.09. The van der Waals surface area contributed by atoms with Gasteiger partial charge in [-0.05, 0) is 40.5 Å². The van der Waals surface area contributed by atoms with Gasteiger partial charge in [0.2, 0.25) is 0 Å². The van der Waals surface area contributed by atoms with Gasteiger partial charge in [-0.15, -0.1) is 11.3 Å². The second kappa shape index (κ2) is 5.59. The third-order valence-corrected chi connectivity index (χ3v) is 4.39. The van der Waals surface area contributed by atoms with Gasteiger partial charge in [0.25, 0.3) is 0 Å². The Balaban J connectivity index is 2.14. The van der Waals surface area contributed by atoms with E-state index in [2.05, 4.69) is 11.9 Å². The van der Waals surface area contributed by atoms with Crippen molar-refractivity contribution in [2.45, 2.75) is 58.2 Å². The number of thiazole rings is 1. The molecule has 1 aromatic rings. The molecular formula is C14H21NO3S. The molecule has 4 nitrogen and oxygen atoms in total. The van der Waals surface area contributed by atoms with Crippen LogP contribution in [0.3, 0.4) is 0 Å². The first-order valence-electron chi connectivity index (χ1n) is 6.73. The van der Waals surface area contributed by atoms with Crippen LogP contribution in [0.15, 0.2) is 5.38 Å². The minimum Gasteiger partial charge on any atom is -0.465 e. The third-order valence-electron chi connectivity index (χ3n) is 3.46. The Bertz CT molecular complexity index is 455. The maximum Gasteiger partial charge on any atom is 0.317 e. The number of carbonyl (C=O) groups is 1. The van der Waals surface area contributed by atoms with E-state index in [4.69, 9.17) is 9.47 Å². The molecule has 1 fully saturated rings. The Morgan fingerprint density at radius 3 is 2.89 bits per heavy atom. The molecule has 0 N–H and O–H groups in total. The fourth-order valence-corrected chi connectivity index (χ4v) is 3.18. The normalized spacial score (nSPS) is 23.6. The Kier molecular flexibility index (Phi) is 4.26. The van der Waals surface area contributed by atoms with Crippen molar-refractivity contribution in [3.63, 3.8) is 0 Å². The maximum atomic E-state index is 12.0. The van der Waals surface area contributed by atoms with Gasteiger partial charge in [0.15, 0.2) is 0 Å². The molecule has 19 heavy (non-hydrogen) atoms. The Morgan fingerprint density at radius 2 is 2.32 bits per heavy atom. The van der Waals surface area contributed by atoms with Gasteiger partial charge in [0.1, 0.15) is 16.5 Å². The zero-order valence-corrected chi connectivity index (χ0v) is 12.8. The predicted molar refractivity (Wildman–Crippen MR) is 74.3 cm³/mol. The fraction of sp³-hybridized carbons (Fsp3) is 0.714. The lowest BCUT2D eigenvalue weighted by Crippen LogP contribution is -2.31. The van der Waals surface area contributed by atoms with Crippen molar-refractivity contribution in [1.82, 2.24) is 4.98 Å². The van der Waals surface area contributed by atoms with Crippen molar-refractivity contribution in [2.75, 3.05) is 6.61 Å². The SMILES string of the molecule is CCOC(=O)C(C)(C)c1csc(C2CCC(C)O2)n1. The summed E-state index contributed by atoms with van der Waals surface area (Å²) in [7, 11) is 0. The lowest BCUT2D eigenvalue weighted by molar-refractivity contribution is -0.148. The molecule has 0 aromatic carbocycles. The van der Waals surface area contributed by atoms with Gasteiger partial charge in [0.05, 0.1) is 18.4 Å². The van der Waals surface area contributed by atoms with E-state index in [1.807, 2.05) is 26.2 Å². The molecule has 106 valence electrons. The quantitative estimate of drug-likeness (QED) is 0.796. The summed E-state index contributed by atoms with van der Waals surface area (Å²) in [5, 5.41) is 2.91. The summed E-state index contributed by atoms with van der Waals surface area (Å²) in [4.78, 5) is 16.6. The molecule has 0 radical (unpaired) electrons. The lowest BCUT2D eigenvalue weighted by atomic mass is 9.90. The first-order valence-corrected chi connectivity index (χ1v) is 7.61. The molecule has 2 rings (SSSR count). The molecule has 5 heteroatoms. The molecule has 0 amide bonds. The van der Waals surface area contributed by atoms with Gasteiger partial charge < -0.3 is 9.47 Å². The Morgan fingerprint density at radius 1 is 1.58 bits per heavy atom. The van der Waals surface area contributed by atoms with Crippen LogP contribution in [0.1, 0.15) is 57.3 Å². The van der Waals surface area contributed by atoms with E-state index in [0.717, 1.165) is 23.5 Å². The van der Waals surface area contributed by atoms with Gasteiger partial charge >= 0.3 is 5.97 Å². The number of carbonyl (C=O) groups excluding carboxylic acids is 1. The summed E-state index contributed by atoms with van der Waals surface area (Å²) < 4.78 is 10.9. The van der Waals surface area contributed by atoms with Crippen LogP contribution < -0.4 is 0 Å². The van der Waals surface area contributed by atoms with E-state index in [0.29, 0.717) is 12.7 Å². The van der Waals surface area contributed by atoms with Crippen molar-refractivity contribution in [1.29, 1.82) is 0 Å². The number of esters is 1. The number of ether oxygens (including phenoxy) is 2. The average molecular weight is 283 g/mol. The van der Waals surface area contributed by atoms with Crippen molar-refractivity contribution < 1.29 is 14.3 Å². The second-order valence-electron chi connectivity index (χ2n) is 5.43. The summed E-state index contributed by atoms with van der Waals surface area (Å²) in [6.45, 7) is 7.98. The minimum atomic E-state index is -0.699. The largest absolute Gasteiger partial charge is 0.465 e. The van der Waals surface area contributed by atoms with Crippen LogP contribution >= 0.6 is 11.3 Å². The highest BCUT2D eigenvalue weighted by atomic mass is 32.1. The van der Waals surface area contributed by atoms with Crippen LogP contribution in [0.4, 0.5) is 0 Å². The van der Waals surface area contributed by atoms with Crippen molar-refractivity contribution in [3.8, 4) is 0 Å². The molecule has 1 saturated heterocycles. The van der Waals surface area contributed by atoms with Crippen LogP contribution in [0.5, 0.6) is 0 Å². The maximum absolute atomic E-state index is 12.0. The van der Waals surface area contributed by atoms with Crippen LogP contribution in [0, 0.1) is 0 Å². The third kappa shape index (κ3) is 2.98. The van der Waals surface area contributed by atoms with E-state index in [1.165, 1.54) is 0 Å². The van der Waals surface area contributed by atoms with E-state index in [1.54, 1.807) is 11.3 Å². The predicted octanol–water partition coefficient (Wildman–Crippen LogP) is 3.22. The van der Waals surface area contributed by atoms with Crippen molar-refractivity contribution >= 4 is 17.3 Å². The highest BCUT2D eigenvalue weighted by Gasteiger charge is 2.35. The number of hydrogen-bond acceptors (Lipinski definition) is 5. The minimum absolute atomic E-state index is 0.0896. The molecule has 1 aromatic heterocycles. The van der Waals surface area contributed by atoms with Gasteiger partial charge in [0, 0.05) is 5.38 Å². The summed E-state index contributed by atoms with van der Waals surface area (Å²) in [6.07, 6.45) is 2.47. The van der Waals surface area contributed by atoms with Crippen molar-refractivity contribution in [2.24, 2.45) is 0 Å². The van der Waals surface area contributed by atoms with Crippen LogP contribution in [-0.4, -0.2) is 23.7 Å². The fourth-order valence-electron chi connectivity index (χ4n) is 2.12. The standard InChI is InChI=1S/C14H21NO3S/c1-5-17-13(16)14(3,4)11-8-19-12(15-11)10-7-6-9(2)18-10/h8-10H,5-7H2,1-4H3. The van der Waals surface area contributed by atoms with Gasteiger partial charge in [-0.1, -0.05) is 0 Å². The molecule has 0 spiro atoms. The molecular weight excluding hydrogens is 262 g/mol. The molecule has 0 aliphatic carbocycles. The topological polar surface area (TPSA) is 48.4 Å². The molecule has 2 heterocycles. The highest BCUT2D eigenvalue weighted by Crippen LogP contribution is 2.36. The van der Waals surface area contributed by atoms with Gasteiger partial charge in [-0.2, -0.15) is 0 Å². The number of nitrogens with zero attached hydrogens (tertiary/aromatic N) is 1. The van der Waals surface area contributed by atoms with Crippen LogP contribution in [0.25, 0.3) is 0 Å². The average Bonchev–Trinajstić information content (AvgIpc) is 2.97. The lowest BCUT2D eigenvalue weighted by Gasteiger charge is -2.19. The molecule has 0 saturated carbocycles. The van der Waals surface area contributed by atoms with Gasteiger partial charge in [-0.25, -0.2) is 4.98 Å². The molecule has 1 aliphatic rings. The monoisotopic (exact) mass is 283 g/mol. The summed E-state index contributed by atoms with van der Waals surface area (Å²) >= 11 is 1.57. The van der Waals surface area contributed by atoms with Crippen LogP contribution in [-0.2, 0) is 19.7 Å². The van der Waals surface area contributed by atoms with E-state index in [-0.39, 0.29) is 12.1 Å². The van der Waals surface area contributed by atoms with Crippen molar-refractivity contribution in [3.05, 3.63) is 16.1 Å². The van der Waals surface area contributed by atoms with Gasteiger partial charge in [-0.3, -0.25) is 4.79 Å². The van der Waals surface area contributed by atoms with E-state index < -0.39 is 5.41 Å². The second-order valence-corrected chi connectivity index (χ2v) is 6.32. The summed E-state index contributed by atoms with van der Waals surface area (Å²) in [5.41, 5.74) is 0.0729. The zero-order valence-electron chi connectivity index (χ0n) is 11.9. The van der Waals surface area contributed by atoms with Crippen LogP contribution in [0.2, 0.25) is 0 Å².